The van der Waals surface area contributed by atoms with Crippen LogP contribution < -0.4 is 5.32 Å². The number of rotatable bonds is 7. The third-order valence-electron chi connectivity index (χ3n) is 4.77. The smallest absolute Gasteiger partial charge is 0.237 e. The Morgan fingerprint density at radius 3 is 2.37 bits per heavy atom. The fourth-order valence-electron chi connectivity index (χ4n) is 3.02. The van der Waals surface area contributed by atoms with Crippen LogP contribution in [-0.4, -0.2) is 30.9 Å². The molecule has 2 aromatic heterocycles. The normalized spacial score (nSPS) is 12.6. The van der Waals surface area contributed by atoms with E-state index in [1.807, 2.05) is 31.2 Å². The first-order valence-corrected chi connectivity index (χ1v) is 11.1. The number of thioether (sulfide) groups is 1. The summed E-state index contributed by atoms with van der Waals surface area (Å²) < 4.78 is 2.07. The van der Waals surface area contributed by atoms with E-state index in [0.29, 0.717) is 0 Å². The van der Waals surface area contributed by atoms with Gasteiger partial charge in [-0.2, -0.15) is 0 Å². The molecule has 0 bridgehead atoms. The highest BCUT2D eigenvalue weighted by Gasteiger charge is 2.21. The third-order valence-corrected chi connectivity index (χ3v) is 5.85. The molecular formula is C23H29N5OS. The van der Waals surface area contributed by atoms with Gasteiger partial charge in [-0.15, -0.1) is 10.2 Å². The van der Waals surface area contributed by atoms with Crippen molar-refractivity contribution in [3.05, 3.63) is 54.4 Å². The summed E-state index contributed by atoms with van der Waals surface area (Å²) >= 11 is 1.42. The third kappa shape index (κ3) is 5.27. The number of carbonyl (C=O) groups excluding carboxylic acids is 1. The van der Waals surface area contributed by atoms with Gasteiger partial charge in [0.1, 0.15) is 0 Å². The Bertz CT molecular complexity index is 977. The molecule has 1 N–H and O–H groups in total. The second-order valence-corrected chi connectivity index (χ2v) is 9.58. The van der Waals surface area contributed by atoms with Crippen molar-refractivity contribution >= 4 is 23.4 Å². The van der Waals surface area contributed by atoms with Crippen LogP contribution in [0.2, 0.25) is 0 Å². The molecular weight excluding hydrogens is 394 g/mol. The van der Waals surface area contributed by atoms with Gasteiger partial charge in [-0.25, -0.2) is 0 Å². The van der Waals surface area contributed by atoms with Crippen molar-refractivity contribution in [3.63, 3.8) is 0 Å². The van der Waals surface area contributed by atoms with E-state index in [1.165, 1.54) is 17.3 Å². The van der Waals surface area contributed by atoms with Gasteiger partial charge in [0.2, 0.25) is 5.91 Å². The minimum Gasteiger partial charge on any atom is -0.325 e. The Labute approximate surface area is 182 Å². The highest BCUT2D eigenvalue weighted by molar-refractivity contribution is 8.00. The number of pyridine rings is 1. The van der Waals surface area contributed by atoms with E-state index in [1.54, 1.807) is 12.4 Å². The SMILES string of the molecule is CCCn1c(SC(C)C(=O)Nc2ccc(C(C)(C)C)cc2)nnc1-c1ccncc1. The minimum atomic E-state index is -0.308. The van der Waals surface area contributed by atoms with Crippen LogP contribution in [0.4, 0.5) is 5.69 Å². The summed E-state index contributed by atoms with van der Waals surface area (Å²) in [5.74, 6) is 0.743. The van der Waals surface area contributed by atoms with Crippen LogP contribution in [-0.2, 0) is 16.8 Å². The Balaban J connectivity index is 1.71. The molecule has 0 aliphatic rings. The average Bonchev–Trinajstić information content (AvgIpc) is 3.11. The zero-order valence-corrected chi connectivity index (χ0v) is 19.0. The monoisotopic (exact) mass is 423 g/mol. The molecule has 1 amide bonds. The molecule has 7 heteroatoms. The van der Waals surface area contributed by atoms with Crippen molar-refractivity contribution in [2.24, 2.45) is 0 Å². The number of hydrogen-bond acceptors (Lipinski definition) is 5. The predicted molar refractivity (Wildman–Crippen MR) is 123 cm³/mol. The fraction of sp³-hybridized carbons (Fsp3) is 0.391. The van der Waals surface area contributed by atoms with Crippen LogP contribution in [0.1, 0.15) is 46.6 Å². The van der Waals surface area contributed by atoms with Gasteiger partial charge in [0.15, 0.2) is 11.0 Å². The van der Waals surface area contributed by atoms with Crippen LogP contribution in [0.15, 0.2) is 53.9 Å². The molecule has 1 atom stereocenters. The lowest BCUT2D eigenvalue weighted by molar-refractivity contribution is -0.115. The van der Waals surface area contributed by atoms with Crippen molar-refractivity contribution in [2.45, 2.75) is 63.4 Å². The highest BCUT2D eigenvalue weighted by atomic mass is 32.2. The molecule has 0 aliphatic carbocycles. The number of nitrogens with one attached hydrogen (secondary N) is 1. The van der Waals surface area contributed by atoms with E-state index >= 15 is 0 Å². The average molecular weight is 424 g/mol. The number of nitrogens with zero attached hydrogens (tertiary/aromatic N) is 4. The Morgan fingerprint density at radius 1 is 1.10 bits per heavy atom. The molecule has 0 radical (unpaired) electrons. The Morgan fingerprint density at radius 2 is 1.77 bits per heavy atom. The first-order chi connectivity index (χ1) is 14.3. The van der Waals surface area contributed by atoms with Crippen LogP contribution in [0.25, 0.3) is 11.4 Å². The van der Waals surface area contributed by atoms with E-state index in [0.717, 1.165) is 35.2 Å². The van der Waals surface area contributed by atoms with Gasteiger partial charge in [-0.05, 0) is 48.6 Å². The van der Waals surface area contributed by atoms with Gasteiger partial charge >= 0.3 is 0 Å². The number of hydrogen-bond donors (Lipinski definition) is 1. The molecule has 3 rings (SSSR count). The summed E-state index contributed by atoms with van der Waals surface area (Å²) in [5.41, 5.74) is 3.09. The topological polar surface area (TPSA) is 72.7 Å². The van der Waals surface area contributed by atoms with Gasteiger partial charge in [0, 0.05) is 30.2 Å². The molecule has 0 fully saturated rings. The van der Waals surface area contributed by atoms with Crippen LogP contribution >= 0.6 is 11.8 Å². The van der Waals surface area contributed by atoms with Gasteiger partial charge in [-0.3, -0.25) is 9.78 Å². The van der Waals surface area contributed by atoms with E-state index in [9.17, 15) is 4.79 Å². The lowest BCUT2D eigenvalue weighted by atomic mass is 9.87. The lowest BCUT2D eigenvalue weighted by Crippen LogP contribution is -2.23. The number of aromatic nitrogens is 4. The molecule has 1 aromatic carbocycles. The molecule has 0 saturated heterocycles. The maximum atomic E-state index is 12.7. The quantitative estimate of drug-likeness (QED) is 0.531. The predicted octanol–water partition coefficient (Wildman–Crippen LogP) is 5.17. The summed E-state index contributed by atoms with van der Waals surface area (Å²) in [4.78, 5) is 16.8. The minimum absolute atomic E-state index is 0.0555. The van der Waals surface area contributed by atoms with Crippen molar-refractivity contribution < 1.29 is 4.79 Å². The van der Waals surface area contributed by atoms with E-state index in [2.05, 4.69) is 64.9 Å². The van der Waals surface area contributed by atoms with Gasteiger partial charge < -0.3 is 9.88 Å². The lowest BCUT2D eigenvalue weighted by Gasteiger charge is -2.19. The molecule has 30 heavy (non-hydrogen) atoms. The maximum absolute atomic E-state index is 12.7. The molecule has 0 spiro atoms. The summed E-state index contributed by atoms with van der Waals surface area (Å²) in [5, 5.41) is 12.2. The summed E-state index contributed by atoms with van der Waals surface area (Å²) in [6.45, 7) is 11.3. The molecule has 158 valence electrons. The van der Waals surface area contributed by atoms with Gasteiger partial charge in [0.05, 0.1) is 5.25 Å². The molecule has 0 saturated carbocycles. The van der Waals surface area contributed by atoms with Crippen molar-refractivity contribution in [2.75, 3.05) is 5.32 Å². The molecule has 0 aliphatic heterocycles. The zero-order chi connectivity index (χ0) is 21.7. The first-order valence-electron chi connectivity index (χ1n) is 10.2. The second kappa shape index (κ2) is 9.43. The zero-order valence-electron chi connectivity index (χ0n) is 18.2. The number of benzene rings is 1. The first kappa shape index (κ1) is 22.0. The molecule has 6 nitrogen and oxygen atoms in total. The summed E-state index contributed by atoms with van der Waals surface area (Å²) in [7, 11) is 0. The highest BCUT2D eigenvalue weighted by Crippen LogP contribution is 2.28. The molecule has 2 heterocycles. The largest absolute Gasteiger partial charge is 0.325 e. The van der Waals surface area contributed by atoms with Gasteiger partial charge in [0.25, 0.3) is 0 Å². The van der Waals surface area contributed by atoms with Crippen LogP contribution in [0, 0.1) is 0 Å². The standard InChI is InChI=1S/C23H29N5OS/c1-6-15-28-20(17-11-13-24-14-12-17)26-27-22(28)30-16(2)21(29)25-19-9-7-18(8-10-19)23(3,4)5/h7-14,16H,6,15H2,1-5H3,(H,25,29). The van der Waals surface area contributed by atoms with Crippen molar-refractivity contribution in [3.8, 4) is 11.4 Å². The van der Waals surface area contributed by atoms with E-state index in [-0.39, 0.29) is 16.6 Å². The fourth-order valence-corrected chi connectivity index (χ4v) is 3.90. The van der Waals surface area contributed by atoms with Crippen molar-refractivity contribution in [1.29, 1.82) is 0 Å². The summed E-state index contributed by atoms with van der Waals surface area (Å²) in [6, 6.07) is 11.9. The number of carbonyl (C=O) groups is 1. The van der Waals surface area contributed by atoms with Crippen LogP contribution in [0.5, 0.6) is 0 Å². The number of anilines is 1. The number of amides is 1. The van der Waals surface area contributed by atoms with Crippen LogP contribution in [0.3, 0.4) is 0 Å². The van der Waals surface area contributed by atoms with Crippen molar-refractivity contribution in [1.82, 2.24) is 19.7 Å². The maximum Gasteiger partial charge on any atom is 0.237 e. The van der Waals surface area contributed by atoms with Gasteiger partial charge in [-0.1, -0.05) is 51.6 Å². The second-order valence-electron chi connectivity index (χ2n) is 8.27. The molecule has 3 aromatic rings. The van der Waals surface area contributed by atoms with E-state index < -0.39 is 0 Å². The Hall–Kier alpha value is -2.67. The Kier molecular flexibility index (Phi) is 6.92. The summed E-state index contributed by atoms with van der Waals surface area (Å²) in [6.07, 6.45) is 4.44. The van der Waals surface area contributed by atoms with E-state index in [4.69, 9.17) is 0 Å². The molecule has 1 unspecified atom stereocenters.